The van der Waals surface area contributed by atoms with Crippen LogP contribution < -0.4 is 9.47 Å². The summed E-state index contributed by atoms with van der Waals surface area (Å²) >= 11 is 13.0. The number of nitrogens with zero attached hydrogens (tertiary/aromatic N) is 1. The summed E-state index contributed by atoms with van der Waals surface area (Å²) in [7, 11) is 1.54. The smallest absolute Gasteiger partial charge is 0.293 e. The average Bonchev–Trinajstić information content (AvgIpc) is 3.08. The summed E-state index contributed by atoms with van der Waals surface area (Å²) in [6, 6.07) is 18.3. The zero-order valence-electron chi connectivity index (χ0n) is 18.5. The van der Waals surface area contributed by atoms with Gasteiger partial charge in [-0.05, 0) is 71.3 Å². The van der Waals surface area contributed by atoms with E-state index in [0.717, 1.165) is 34.0 Å². The van der Waals surface area contributed by atoms with E-state index in [1.54, 1.807) is 37.5 Å². The molecule has 3 aromatic carbocycles. The molecule has 1 aliphatic rings. The maximum absolute atomic E-state index is 12.9. The Labute approximate surface area is 212 Å². The molecule has 0 aliphatic carbocycles. The zero-order valence-corrected chi connectivity index (χ0v) is 20.8. The monoisotopic (exact) mass is 513 g/mol. The number of aryl methyl sites for hydroxylation is 1. The number of thioether (sulfide) groups is 1. The van der Waals surface area contributed by atoms with E-state index in [1.807, 2.05) is 43.3 Å². The van der Waals surface area contributed by atoms with Gasteiger partial charge in [0.15, 0.2) is 11.5 Å². The standard InChI is InChI=1S/C26H21Cl2NO4S/c1-16-5-3-4-6-19(16)14-29-25(30)24(34-26(29)31)13-17-8-10-22(23(12-17)32-2)33-15-18-7-9-20(27)21(28)11-18/h3-13H,14-15H2,1-2H3/b24-13-. The number of rotatable bonds is 7. The molecule has 1 fully saturated rings. The highest BCUT2D eigenvalue weighted by Crippen LogP contribution is 2.36. The number of hydrogen-bond donors (Lipinski definition) is 0. The summed E-state index contributed by atoms with van der Waals surface area (Å²) in [6.45, 7) is 2.49. The summed E-state index contributed by atoms with van der Waals surface area (Å²) in [5.41, 5.74) is 3.56. The number of carbonyl (C=O) groups excluding carboxylic acids is 2. The molecule has 0 radical (unpaired) electrons. The second-order valence-corrected chi connectivity index (χ2v) is 9.45. The van der Waals surface area contributed by atoms with Crippen molar-refractivity contribution in [2.45, 2.75) is 20.1 Å². The van der Waals surface area contributed by atoms with Gasteiger partial charge in [-0.2, -0.15) is 0 Å². The van der Waals surface area contributed by atoms with Gasteiger partial charge in [0.25, 0.3) is 11.1 Å². The molecular weight excluding hydrogens is 493 g/mol. The van der Waals surface area contributed by atoms with E-state index in [-0.39, 0.29) is 24.3 Å². The quantitative estimate of drug-likeness (QED) is 0.314. The van der Waals surface area contributed by atoms with Crippen LogP contribution in [0.2, 0.25) is 10.0 Å². The normalized spacial score (nSPS) is 14.7. The first-order chi connectivity index (χ1) is 16.4. The molecule has 0 spiro atoms. The van der Waals surface area contributed by atoms with Gasteiger partial charge in [0.2, 0.25) is 0 Å². The largest absolute Gasteiger partial charge is 0.493 e. The van der Waals surface area contributed by atoms with Crippen molar-refractivity contribution in [3.8, 4) is 11.5 Å². The van der Waals surface area contributed by atoms with E-state index in [9.17, 15) is 9.59 Å². The van der Waals surface area contributed by atoms with Crippen molar-refractivity contribution in [1.29, 1.82) is 0 Å². The first-order valence-corrected chi connectivity index (χ1v) is 12.0. The summed E-state index contributed by atoms with van der Waals surface area (Å²) in [5.74, 6) is 0.739. The lowest BCUT2D eigenvalue weighted by Gasteiger charge is -2.14. The van der Waals surface area contributed by atoms with Gasteiger partial charge in [-0.3, -0.25) is 14.5 Å². The zero-order chi connectivity index (χ0) is 24.2. The molecular formula is C26H21Cl2NO4S. The van der Waals surface area contributed by atoms with Crippen molar-refractivity contribution in [3.63, 3.8) is 0 Å². The van der Waals surface area contributed by atoms with Crippen LogP contribution in [-0.4, -0.2) is 23.2 Å². The molecule has 5 nitrogen and oxygen atoms in total. The minimum Gasteiger partial charge on any atom is -0.493 e. The molecule has 34 heavy (non-hydrogen) atoms. The van der Waals surface area contributed by atoms with Crippen LogP contribution in [0, 0.1) is 6.92 Å². The van der Waals surface area contributed by atoms with Crippen LogP contribution in [0.3, 0.4) is 0 Å². The van der Waals surface area contributed by atoms with Gasteiger partial charge in [0.05, 0.1) is 28.6 Å². The molecule has 2 amide bonds. The molecule has 8 heteroatoms. The SMILES string of the molecule is COc1cc(/C=C2\SC(=O)N(Cc3ccccc3C)C2=O)ccc1OCc1ccc(Cl)c(Cl)c1. The number of hydrogen-bond acceptors (Lipinski definition) is 5. The maximum Gasteiger partial charge on any atom is 0.293 e. The third-order valence-electron chi connectivity index (χ3n) is 5.33. The van der Waals surface area contributed by atoms with Crippen LogP contribution in [0.25, 0.3) is 6.08 Å². The number of benzene rings is 3. The molecule has 3 aromatic rings. The molecule has 0 N–H and O–H groups in total. The van der Waals surface area contributed by atoms with E-state index < -0.39 is 0 Å². The number of methoxy groups -OCH3 is 1. The van der Waals surface area contributed by atoms with Crippen molar-refractivity contribution in [1.82, 2.24) is 4.90 Å². The highest BCUT2D eigenvalue weighted by atomic mass is 35.5. The van der Waals surface area contributed by atoms with Crippen molar-refractivity contribution >= 4 is 52.2 Å². The number of carbonyl (C=O) groups is 2. The van der Waals surface area contributed by atoms with Crippen molar-refractivity contribution in [2.75, 3.05) is 7.11 Å². The predicted molar refractivity (Wildman–Crippen MR) is 136 cm³/mol. The molecule has 0 aromatic heterocycles. The molecule has 0 saturated carbocycles. The Morgan fingerprint density at radius 3 is 2.50 bits per heavy atom. The molecule has 1 heterocycles. The molecule has 1 saturated heterocycles. The Morgan fingerprint density at radius 1 is 0.971 bits per heavy atom. The first kappa shape index (κ1) is 24.2. The number of amides is 2. The van der Waals surface area contributed by atoms with Crippen LogP contribution in [0.15, 0.2) is 65.6 Å². The summed E-state index contributed by atoms with van der Waals surface area (Å²) in [5, 5.41) is 0.658. The highest BCUT2D eigenvalue weighted by Gasteiger charge is 2.35. The van der Waals surface area contributed by atoms with Gasteiger partial charge < -0.3 is 9.47 Å². The summed E-state index contributed by atoms with van der Waals surface area (Å²) in [4.78, 5) is 27.1. The fraction of sp³-hybridized carbons (Fsp3) is 0.154. The Bertz CT molecular complexity index is 1290. The summed E-state index contributed by atoms with van der Waals surface area (Å²) < 4.78 is 11.4. The fourth-order valence-electron chi connectivity index (χ4n) is 3.43. The van der Waals surface area contributed by atoms with E-state index in [0.29, 0.717) is 26.4 Å². The second-order valence-electron chi connectivity index (χ2n) is 7.64. The second kappa shape index (κ2) is 10.6. The highest BCUT2D eigenvalue weighted by molar-refractivity contribution is 8.18. The fourth-order valence-corrected chi connectivity index (χ4v) is 4.59. The van der Waals surface area contributed by atoms with E-state index in [1.165, 1.54) is 4.90 Å². The van der Waals surface area contributed by atoms with Crippen LogP contribution in [0.4, 0.5) is 4.79 Å². The number of halogens is 2. The maximum atomic E-state index is 12.9. The molecule has 0 bridgehead atoms. The van der Waals surface area contributed by atoms with Crippen LogP contribution in [0.5, 0.6) is 11.5 Å². The topological polar surface area (TPSA) is 55.8 Å². The van der Waals surface area contributed by atoms with Crippen LogP contribution >= 0.6 is 35.0 Å². The van der Waals surface area contributed by atoms with Gasteiger partial charge in [0, 0.05) is 0 Å². The average molecular weight is 514 g/mol. The molecule has 4 rings (SSSR count). The first-order valence-electron chi connectivity index (χ1n) is 10.4. The third kappa shape index (κ3) is 5.41. The lowest BCUT2D eigenvalue weighted by molar-refractivity contribution is -0.123. The van der Waals surface area contributed by atoms with Crippen molar-refractivity contribution < 1.29 is 19.1 Å². The van der Waals surface area contributed by atoms with Crippen molar-refractivity contribution in [3.05, 3.63) is 97.9 Å². The summed E-state index contributed by atoms with van der Waals surface area (Å²) in [6.07, 6.45) is 1.69. The van der Waals surface area contributed by atoms with Gasteiger partial charge in [0.1, 0.15) is 6.61 Å². The van der Waals surface area contributed by atoms with E-state index in [4.69, 9.17) is 32.7 Å². The number of ether oxygens (including phenoxy) is 2. The minimum absolute atomic E-state index is 0.249. The third-order valence-corrected chi connectivity index (χ3v) is 6.97. The van der Waals surface area contributed by atoms with Gasteiger partial charge in [-0.25, -0.2) is 0 Å². The molecule has 174 valence electrons. The van der Waals surface area contributed by atoms with Crippen LogP contribution in [-0.2, 0) is 17.9 Å². The Hall–Kier alpha value is -2.93. The van der Waals surface area contributed by atoms with E-state index in [2.05, 4.69) is 0 Å². The molecule has 0 unspecified atom stereocenters. The van der Waals surface area contributed by atoms with Gasteiger partial charge in [-0.1, -0.05) is 59.6 Å². The lowest BCUT2D eigenvalue weighted by atomic mass is 10.1. The number of imide groups is 1. The molecule has 0 atom stereocenters. The van der Waals surface area contributed by atoms with Crippen molar-refractivity contribution in [2.24, 2.45) is 0 Å². The predicted octanol–water partition coefficient (Wildman–Crippen LogP) is 7.13. The van der Waals surface area contributed by atoms with Gasteiger partial charge in [-0.15, -0.1) is 0 Å². The molecule has 1 aliphatic heterocycles. The van der Waals surface area contributed by atoms with E-state index >= 15 is 0 Å². The Balaban J connectivity index is 1.49. The lowest BCUT2D eigenvalue weighted by Crippen LogP contribution is -2.27. The minimum atomic E-state index is -0.308. The van der Waals surface area contributed by atoms with Crippen LogP contribution in [0.1, 0.15) is 22.3 Å². The Morgan fingerprint density at radius 2 is 1.76 bits per heavy atom. The Kier molecular flexibility index (Phi) is 7.51. The van der Waals surface area contributed by atoms with Gasteiger partial charge >= 0.3 is 0 Å².